The van der Waals surface area contributed by atoms with Crippen molar-refractivity contribution in [2.24, 2.45) is 5.92 Å². The van der Waals surface area contributed by atoms with Gasteiger partial charge in [0.2, 0.25) is 11.9 Å². The van der Waals surface area contributed by atoms with E-state index in [1.54, 1.807) is 13.3 Å². The average molecular weight is 432 g/mol. The highest BCUT2D eigenvalue weighted by atomic mass is 16.5. The molecule has 1 amide bonds. The normalized spacial score (nSPS) is 10.5. The van der Waals surface area contributed by atoms with Crippen molar-refractivity contribution in [3.8, 4) is 5.75 Å². The van der Waals surface area contributed by atoms with Gasteiger partial charge in [0.05, 0.1) is 12.8 Å². The summed E-state index contributed by atoms with van der Waals surface area (Å²) in [5.41, 5.74) is 4.35. The number of hydrogen-bond acceptors (Lipinski definition) is 6. The number of carbonyl (C=O) groups is 1. The van der Waals surface area contributed by atoms with Crippen molar-refractivity contribution in [2.75, 3.05) is 23.1 Å². The molecule has 2 aromatic carbocycles. The number of aromatic nitrogens is 2. The Kier molecular flexibility index (Phi) is 7.44. The van der Waals surface area contributed by atoms with Crippen LogP contribution in [0.25, 0.3) is 0 Å². The molecule has 3 N–H and O–H groups in total. The standard InChI is InChI=1S/C25H29N5O2/c1-6-23(31)27-19-8-7-9-20(14-19)28-24-17(4)15-26-25(30-24)29-21-11-10-18(12-16(2)3)13-22(21)32-5/h6-11,13-16H,1,12H2,2-5H3,(H,27,31)(H2,26,28,29,30). The van der Waals surface area contributed by atoms with E-state index < -0.39 is 0 Å². The van der Waals surface area contributed by atoms with Gasteiger partial charge in [0, 0.05) is 23.1 Å². The van der Waals surface area contributed by atoms with Crippen LogP contribution in [0.4, 0.5) is 28.8 Å². The van der Waals surface area contributed by atoms with Gasteiger partial charge in [-0.2, -0.15) is 4.98 Å². The van der Waals surface area contributed by atoms with Gasteiger partial charge in [-0.1, -0.05) is 32.6 Å². The first kappa shape index (κ1) is 22.8. The molecule has 0 atom stereocenters. The molecule has 0 bridgehead atoms. The van der Waals surface area contributed by atoms with Crippen molar-refractivity contribution in [1.82, 2.24) is 9.97 Å². The van der Waals surface area contributed by atoms with Gasteiger partial charge in [0.25, 0.3) is 0 Å². The van der Waals surface area contributed by atoms with Gasteiger partial charge < -0.3 is 20.7 Å². The molecule has 3 rings (SSSR count). The third-order valence-electron chi connectivity index (χ3n) is 4.71. The number of nitrogens with zero attached hydrogens (tertiary/aromatic N) is 2. The van der Waals surface area contributed by atoms with E-state index in [0.29, 0.717) is 23.4 Å². The van der Waals surface area contributed by atoms with Gasteiger partial charge in [0.1, 0.15) is 11.6 Å². The van der Waals surface area contributed by atoms with Crippen LogP contribution >= 0.6 is 0 Å². The molecule has 32 heavy (non-hydrogen) atoms. The third-order valence-corrected chi connectivity index (χ3v) is 4.71. The summed E-state index contributed by atoms with van der Waals surface area (Å²) in [5, 5.41) is 9.29. The SMILES string of the molecule is C=CC(=O)Nc1cccc(Nc2nc(Nc3ccc(CC(C)C)cc3OC)ncc2C)c1. The lowest BCUT2D eigenvalue weighted by Crippen LogP contribution is -2.07. The van der Waals surface area contributed by atoms with Crippen LogP contribution in [0.15, 0.2) is 61.3 Å². The van der Waals surface area contributed by atoms with Crippen molar-refractivity contribution in [3.05, 3.63) is 72.4 Å². The Balaban J connectivity index is 1.80. The summed E-state index contributed by atoms with van der Waals surface area (Å²) in [7, 11) is 1.65. The molecule has 0 fully saturated rings. The van der Waals surface area contributed by atoms with Crippen molar-refractivity contribution in [3.63, 3.8) is 0 Å². The van der Waals surface area contributed by atoms with Crippen LogP contribution in [0.3, 0.4) is 0 Å². The number of ether oxygens (including phenoxy) is 1. The summed E-state index contributed by atoms with van der Waals surface area (Å²) in [5.74, 6) is 2.15. The van der Waals surface area contributed by atoms with Crippen LogP contribution in [0, 0.1) is 12.8 Å². The lowest BCUT2D eigenvalue weighted by molar-refractivity contribution is -0.111. The Labute approximate surface area is 189 Å². The highest BCUT2D eigenvalue weighted by Crippen LogP contribution is 2.29. The van der Waals surface area contributed by atoms with E-state index in [1.165, 1.54) is 11.6 Å². The fraction of sp³-hybridized carbons (Fsp3) is 0.240. The lowest BCUT2D eigenvalue weighted by Gasteiger charge is -2.15. The van der Waals surface area contributed by atoms with Crippen LogP contribution in [-0.4, -0.2) is 23.0 Å². The molecule has 1 aromatic heterocycles. The Hall–Kier alpha value is -3.87. The largest absolute Gasteiger partial charge is 0.495 e. The Morgan fingerprint density at radius 1 is 1.16 bits per heavy atom. The van der Waals surface area contributed by atoms with Gasteiger partial charge in [-0.05, 0) is 61.2 Å². The van der Waals surface area contributed by atoms with Gasteiger partial charge in [-0.25, -0.2) is 4.98 Å². The number of amides is 1. The van der Waals surface area contributed by atoms with E-state index in [0.717, 1.165) is 29.1 Å². The topological polar surface area (TPSA) is 88.2 Å². The summed E-state index contributed by atoms with van der Waals surface area (Å²) in [6.45, 7) is 9.78. The monoisotopic (exact) mass is 431 g/mol. The zero-order valence-corrected chi connectivity index (χ0v) is 18.9. The molecular weight excluding hydrogens is 402 g/mol. The molecule has 1 heterocycles. The van der Waals surface area contributed by atoms with E-state index >= 15 is 0 Å². The number of carbonyl (C=O) groups excluding carboxylic acids is 1. The first-order valence-electron chi connectivity index (χ1n) is 10.5. The quantitative estimate of drug-likeness (QED) is 0.382. The van der Waals surface area contributed by atoms with E-state index in [4.69, 9.17) is 4.74 Å². The highest BCUT2D eigenvalue weighted by molar-refractivity contribution is 5.99. The molecule has 0 aliphatic rings. The molecule has 0 saturated heterocycles. The number of anilines is 5. The van der Waals surface area contributed by atoms with Crippen molar-refractivity contribution >= 4 is 34.7 Å². The minimum atomic E-state index is -0.264. The molecule has 7 heteroatoms. The maximum Gasteiger partial charge on any atom is 0.247 e. The second-order valence-corrected chi connectivity index (χ2v) is 7.88. The zero-order chi connectivity index (χ0) is 23.1. The van der Waals surface area contributed by atoms with Crippen molar-refractivity contribution < 1.29 is 9.53 Å². The molecule has 7 nitrogen and oxygen atoms in total. The molecule has 166 valence electrons. The summed E-state index contributed by atoms with van der Waals surface area (Å²) < 4.78 is 5.57. The van der Waals surface area contributed by atoms with E-state index in [2.05, 4.69) is 52.4 Å². The second-order valence-electron chi connectivity index (χ2n) is 7.88. The molecule has 0 spiro atoms. The zero-order valence-electron chi connectivity index (χ0n) is 18.9. The number of aryl methyl sites for hydroxylation is 1. The maximum atomic E-state index is 11.6. The number of hydrogen-bond donors (Lipinski definition) is 3. The predicted molar refractivity (Wildman–Crippen MR) is 130 cm³/mol. The minimum absolute atomic E-state index is 0.264. The third kappa shape index (κ3) is 6.07. The van der Waals surface area contributed by atoms with Gasteiger partial charge in [-0.15, -0.1) is 0 Å². The number of rotatable bonds is 9. The minimum Gasteiger partial charge on any atom is -0.495 e. The van der Waals surface area contributed by atoms with E-state index in [1.807, 2.05) is 43.3 Å². The van der Waals surface area contributed by atoms with E-state index in [-0.39, 0.29) is 5.91 Å². The summed E-state index contributed by atoms with van der Waals surface area (Å²) in [6, 6.07) is 13.5. The number of benzene rings is 2. The molecule has 0 aliphatic heterocycles. The van der Waals surface area contributed by atoms with Gasteiger partial charge >= 0.3 is 0 Å². The Morgan fingerprint density at radius 2 is 1.94 bits per heavy atom. The molecular formula is C25H29N5O2. The molecule has 0 unspecified atom stereocenters. The van der Waals surface area contributed by atoms with Gasteiger partial charge in [0.15, 0.2) is 0 Å². The fourth-order valence-electron chi connectivity index (χ4n) is 3.19. The summed E-state index contributed by atoms with van der Waals surface area (Å²) in [4.78, 5) is 20.6. The summed E-state index contributed by atoms with van der Waals surface area (Å²) in [6.07, 6.45) is 3.97. The Morgan fingerprint density at radius 3 is 2.66 bits per heavy atom. The number of methoxy groups -OCH3 is 1. The second kappa shape index (κ2) is 10.4. The molecule has 3 aromatic rings. The average Bonchev–Trinajstić information content (AvgIpc) is 2.76. The summed E-state index contributed by atoms with van der Waals surface area (Å²) >= 11 is 0. The smallest absolute Gasteiger partial charge is 0.247 e. The number of nitrogens with one attached hydrogen (secondary N) is 3. The highest BCUT2D eigenvalue weighted by Gasteiger charge is 2.10. The van der Waals surface area contributed by atoms with Crippen LogP contribution < -0.4 is 20.7 Å². The molecule has 0 aliphatic carbocycles. The van der Waals surface area contributed by atoms with Crippen LogP contribution in [-0.2, 0) is 11.2 Å². The molecule has 0 radical (unpaired) electrons. The van der Waals surface area contributed by atoms with Crippen LogP contribution in [0.2, 0.25) is 0 Å². The first-order valence-corrected chi connectivity index (χ1v) is 10.5. The van der Waals surface area contributed by atoms with Crippen LogP contribution in [0.1, 0.15) is 25.0 Å². The predicted octanol–water partition coefficient (Wildman–Crippen LogP) is 5.60. The fourth-order valence-corrected chi connectivity index (χ4v) is 3.19. The van der Waals surface area contributed by atoms with Crippen molar-refractivity contribution in [2.45, 2.75) is 27.2 Å². The maximum absolute atomic E-state index is 11.6. The van der Waals surface area contributed by atoms with Crippen LogP contribution in [0.5, 0.6) is 5.75 Å². The van der Waals surface area contributed by atoms with E-state index in [9.17, 15) is 4.79 Å². The van der Waals surface area contributed by atoms with Gasteiger partial charge in [-0.3, -0.25) is 4.79 Å². The first-order chi connectivity index (χ1) is 15.4. The van der Waals surface area contributed by atoms with Crippen molar-refractivity contribution in [1.29, 1.82) is 0 Å². The lowest BCUT2D eigenvalue weighted by atomic mass is 10.0. The Bertz CT molecular complexity index is 1110. The molecule has 0 saturated carbocycles.